The van der Waals surface area contributed by atoms with Crippen LogP contribution in [0.15, 0.2) is 30.3 Å². The maximum absolute atomic E-state index is 10.1. The monoisotopic (exact) mass is 311 g/mol. The smallest absolute Gasteiger partial charge is 0.172 e. The lowest BCUT2D eigenvalue weighted by molar-refractivity contribution is 0.235. The summed E-state index contributed by atoms with van der Waals surface area (Å²) in [4.78, 5) is 4.91. The molecule has 0 amide bonds. The van der Waals surface area contributed by atoms with Crippen molar-refractivity contribution in [3.05, 3.63) is 30.3 Å². The van der Waals surface area contributed by atoms with Gasteiger partial charge in [-0.25, -0.2) is 0 Å². The topological polar surface area (TPSA) is 64.5 Å². The summed E-state index contributed by atoms with van der Waals surface area (Å²) in [5, 5.41) is 22.1. The lowest BCUT2D eigenvalue weighted by Crippen LogP contribution is -2.57. The lowest BCUT2D eigenvalue weighted by Gasteiger charge is -2.45. The van der Waals surface area contributed by atoms with Crippen LogP contribution in [0.5, 0.6) is 5.75 Å². The standard InChI is InChI=1S/C17H21N5O/c1-2-21-7-8-22-12(11-21)10-18-17-15(22)9-14(19-20-17)13-5-3-4-6-16(13)23/h3-6,9,12,23H,2,7-8,10-11H2,1H3,(H,18,20)/t12-/m1/s1. The summed E-state index contributed by atoms with van der Waals surface area (Å²) in [6, 6.07) is 9.76. The van der Waals surface area contributed by atoms with Crippen LogP contribution in [0.3, 0.4) is 0 Å². The molecule has 6 nitrogen and oxygen atoms in total. The summed E-state index contributed by atoms with van der Waals surface area (Å²) >= 11 is 0. The van der Waals surface area contributed by atoms with Crippen molar-refractivity contribution in [1.82, 2.24) is 15.1 Å². The van der Waals surface area contributed by atoms with Crippen LogP contribution in [0.4, 0.5) is 11.5 Å². The number of phenols is 1. The number of hydrogen-bond acceptors (Lipinski definition) is 6. The van der Waals surface area contributed by atoms with Gasteiger partial charge in [-0.15, -0.1) is 10.2 Å². The minimum Gasteiger partial charge on any atom is -0.507 e. The van der Waals surface area contributed by atoms with Gasteiger partial charge in [-0.2, -0.15) is 0 Å². The van der Waals surface area contributed by atoms with Crippen LogP contribution in [0.1, 0.15) is 6.92 Å². The van der Waals surface area contributed by atoms with Gasteiger partial charge in [0.05, 0.1) is 17.4 Å². The minimum atomic E-state index is 0.234. The van der Waals surface area contributed by atoms with E-state index in [0.29, 0.717) is 11.7 Å². The molecule has 2 aliphatic heterocycles. The van der Waals surface area contributed by atoms with Gasteiger partial charge in [-0.3, -0.25) is 4.90 Å². The first-order chi connectivity index (χ1) is 11.3. The number of phenolic OH excluding ortho intramolecular Hbond substituents is 1. The highest BCUT2D eigenvalue weighted by atomic mass is 16.3. The van der Waals surface area contributed by atoms with Gasteiger partial charge in [0.2, 0.25) is 0 Å². The number of aromatic hydroxyl groups is 1. The molecule has 1 aromatic heterocycles. The number of benzene rings is 1. The lowest BCUT2D eigenvalue weighted by atomic mass is 10.1. The molecule has 120 valence electrons. The Morgan fingerprint density at radius 3 is 2.96 bits per heavy atom. The predicted molar refractivity (Wildman–Crippen MR) is 90.9 cm³/mol. The summed E-state index contributed by atoms with van der Waals surface area (Å²) in [6.07, 6.45) is 0. The summed E-state index contributed by atoms with van der Waals surface area (Å²) in [7, 11) is 0. The second-order valence-corrected chi connectivity index (χ2v) is 6.10. The average molecular weight is 311 g/mol. The van der Waals surface area contributed by atoms with Gasteiger partial charge in [0.15, 0.2) is 5.82 Å². The third kappa shape index (κ3) is 2.49. The highest BCUT2D eigenvalue weighted by molar-refractivity contribution is 5.76. The largest absolute Gasteiger partial charge is 0.507 e. The van der Waals surface area contributed by atoms with Crippen molar-refractivity contribution in [1.29, 1.82) is 0 Å². The van der Waals surface area contributed by atoms with Gasteiger partial charge in [0.25, 0.3) is 0 Å². The third-order valence-electron chi connectivity index (χ3n) is 4.78. The maximum atomic E-state index is 10.1. The number of nitrogens with zero attached hydrogens (tertiary/aromatic N) is 4. The number of para-hydroxylation sites is 1. The van der Waals surface area contributed by atoms with Crippen molar-refractivity contribution in [2.75, 3.05) is 42.9 Å². The molecular weight excluding hydrogens is 290 g/mol. The van der Waals surface area contributed by atoms with E-state index in [4.69, 9.17) is 0 Å². The molecular formula is C17H21N5O. The molecule has 0 saturated carbocycles. The van der Waals surface area contributed by atoms with Crippen LogP contribution in [0, 0.1) is 0 Å². The van der Waals surface area contributed by atoms with Crippen LogP contribution >= 0.6 is 0 Å². The van der Waals surface area contributed by atoms with Crippen LogP contribution in [-0.2, 0) is 0 Å². The number of aromatic nitrogens is 2. The Morgan fingerprint density at radius 1 is 1.26 bits per heavy atom. The molecule has 23 heavy (non-hydrogen) atoms. The summed E-state index contributed by atoms with van der Waals surface area (Å²) in [5.74, 6) is 1.07. The van der Waals surface area contributed by atoms with Crippen molar-refractivity contribution in [2.45, 2.75) is 13.0 Å². The SMILES string of the molecule is CCN1CCN2c3cc(-c4ccccc4O)nnc3NC[C@@H]2C1. The Bertz CT molecular complexity index is 720. The van der Waals surface area contributed by atoms with Gasteiger partial charge in [0, 0.05) is 31.7 Å². The molecule has 0 spiro atoms. The first-order valence-electron chi connectivity index (χ1n) is 8.15. The fourth-order valence-corrected chi connectivity index (χ4v) is 3.46. The number of anilines is 2. The number of rotatable bonds is 2. The fourth-order valence-electron chi connectivity index (χ4n) is 3.46. The first-order valence-corrected chi connectivity index (χ1v) is 8.15. The average Bonchev–Trinajstić information content (AvgIpc) is 2.61. The molecule has 2 aromatic rings. The van der Waals surface area contributed by atoms with Crippen molar-refractivity contribution < 1.29 is 5.11 Å². The van der Waals surface area contributed by atoms with Crippen LogP contribution < -0.4 is 10.2 Å². The molecule has 4 rings (SSSR count). The van der Waals surface area contributed by atoms with E-state index in [0.717, 1.165) is 49.8 Å². The molecule has 0 aliphatic carbocycles. The van der Waals surface area contributed by atoms with Gasteiger partial charge >= 0.3 is 0 Å². The Kier molecular flexibility index (Phi) is 3.53. The van der Waals surface area contributed by atoms with E-state index in [9.17, 15) is 5.11 Å². The van der Waals surface area contributed by atoms with E-state index >= 15 is 0 Å². The number of likely N-dealkylation sites (N-methyl/N-ethyl adjacent to an activating group) is 1. The van der Waals surface area contributed by atoms with Gasteiger partial charge in [-0.1, -0.05) is 19.1 Å². The molecule has 2 aliphatic rings. The molecule has 1 saturated heterocycles. The van der Waals surface area contributed by atoms with E-state index < -0.39 is 0 Å². The van der Waals surface area contributed by atoms with E-state index in [1.165, 1.54) is 0 Å². The molecule has 2 N–H and O–H groups in total. The van der Waals surface area contributed by atoms with Crippen molar-refractivity contribution >= 4 is 11.5 Å². The normalized spacial score (nSPS) is 20.6. The van der Waals surface area contributed by atoms with Crippen LogP contribution in [-0.4, -0.2) is 59.0 Å². The number of hydrogen-bond donors (Lipinski definition) is 2. The van der Waals surface area contributed by atoms with Gasteiger partial charge < -0.3 is 15.3 Å². The molecule has 1 fully saturated rings. The zero-order chi connectivity index (χ0) is 15.8. The molecule has 0 bridgehead atoms. The molecule has 1 atom stereocenters. The van der Waals surface area contributed by atoms with E-state index in [-0.39, 0.29) is 5.75 Å². The maximum Gasteiger partial charge on any atom is 0.172 e. The molecule has 0 radical (unpaired) electrons. The Morgan fingerprint density at radius 2 is 2.13 bits per heavy atom. The highest BCUT2D eigenvalue weighted by Crippen LogP contribution is 2.35. The summed E-state index contributed by atoms with van der Waals surface area (Å²) in [6.45, 7) is 7.33. The van der Waals surface area contributed by atoms with E-state index in [2.05, 4.69) is 32.2 Å². The first kappa shape index (κ1) is 14.3. The number of piperazine rings is 1. The zero-order valence-corrected chi connectivity index (χ0v) is 13.2. The van der Waals surface area contributed by atoms with Crippen LogP contribution in [0.25, 0.3) is 11.3 Å². The second-order valence-electron chi connectivity index (χ2n) is 6.10. The Hall–Kier alpha value is -2.34. The third-order valence-corrected chi connectivity index (χ3v) is 4.78. The van der Waals surface area contributed by atoms with Crippen molar-refractivity contribution in [2.24, 2.45) is 0 Å². The number of fused-ring (bicyclic) bond motifs is 3. The second kappa shape index (κ2) is 5.70. The highest BCUT2D eigenvalue weighted by Gasteiger charge is 2.32. The minimum absolute atomic E-state index is 0.234. The quantitative estimate of drug-likeness (QED) is 0.881. The fraction of sp³-hybridized carbons (Fsp3) is 0.412. The van der Waals surface area contributed by atoms with Gasteiger partial charge in [-0.05, 0) is 24.7 Å². The van der Waals surface area contributed by atoms with Gasteiger partial charge in [0.1, 0.15) is 5.75 Å². The Balaban J connectivity index is 1.70. The molecule has 1 aromatic carbocycles. The van der Waals surface area contributed by atoms with Crippen molar-refractivity contribution in [3.8, 4) is 17.0 Å². The zero-order valence-electron chi connectivity index (χ0n) is 13.2. The van der Waals surface area contributed by atoms with E-state index in [1.54, 1.807) is 6.07 Å². The summed E-state index contributed by atoms with van der Waals surface area (Å²) in [5.41, 5.74) is 2.52. The number of nitrogens with one attached hydrogen (secondary N) is 1. The van der Waals surface area contributed by atoms with E-state index in [1.807, 2.05) is 24.3 Å². The predicted octanol–water partition coefficient (Wildman–Crippen LogP) is 1.79. The van der Waals surface area contributed by atoms with Crippen molar-refractivity contribution in [3.63, 3.8) is 0 Å². The molecule has 3 heterocycles. The summed E-state index contributed by atoms with van der Waals surface area (Å²) < 4.78 is 0. The molecule has 0 unspecified atom stereocenters. The Labute approximate surface area is 135 Å². The van der Waals surface area contributed by atoms with Crippen LogP contribution in [0.2, 0.25) is 0 Å². The molecule has 6 heteroatoms.